The molecule has 0 spiro atoms. The summed E-state index contributed by atoms with van der Waals surface area (Å²) in [6.07, 6.45) is 2.48. The highest BCUT2D eigenvalue weighted by Gasteiger charge is 2.58. The van der Waals surface area contributed by atoms with Crippen molar-refractivity contribution in [2.45, 2.75) is 33.1 Å². The second kappa shape index (κ2) is 4.33. The molecule has 22 heavy (non-hydrogen) atoms. The Morgan fingerprint density at radius 2 is 2.14 bits per heavy atom. The van der Waals surface area contributed by atoms with Crippen molar-refractivity contribution in [2.24, 2.45) is 11.3 Å². The maximum absolute atomic E-state index is 9.08. The van der Waals surface area contributed by atoms with E-state index in [9.17, 15) is 0 Å². The zero-order chi connectivity index (χ0) is 15.5. The molecule has 1 fully saturated rings. The number of fused-ring (bicyclic) bond motifs is 3. The Kier molecular flexibility index (Phi) is 2.62. The Morgan fingerprint density at radius 3 is 2.91 bits per heavy atom. The molecule has 3 aromatic rings. The SMILES string of the molecule is Cc1[nH]c2c(ccc3cccnc32)c1C1C(CC#N)C1(C)C. The summed E-state index contributed by atoms with van der Waals surface area (Å²) in [5.41, 5.74) is 4.96. The van der Waals surface area contributed by atoms with Crippen molar-refractivity contribution >= 4 is 21.8 Å². The topological polar surface area (TPSA) is 52.5 Å². The highest BCUT2D eigenvalue weighted by molar-refractivity contribution is 6.05. The van der Waals surface area contributed by atoms with E-state index >= 15 is 0 Å². The third-order valence-electron chi connectivity index (χ3n) is 5.45. The Bertz CT molecular complexity index is 927. The Labute approximate surface area is 130 Å². The normalized spacial score (nSPS) is 22.8. The molecule has 0 saturated heterocycles. The van der Waals surface area contributed by atoms with E-state index in [0.717, 1.165) is 16.4 Å². The minimum absolute atomic E-state index is 0.203. The molecule has 3 heteroatoms. The Morgan fingerprint density at radius 1 is 1.32 bits per heavy atom. The number of aryl methyl sites for hydroxylation is 1. The fourth-order valence-corrected chi connectivity index (χ4v) is 4.15. The van der Waals surface area contributed by atoms with E-state index in [1.807, 2.05) is 12.3 Å². The van der Waals surface area contributed by atoms with Gasteiger partial charge in [-0.05, 0) is 35.8 Å². The van der Waals surface area contributed by atoms with Crippen molar-refractivity contribution in [3.63, 3.8) is 0 Å². The summed E-state index contributed by atoms with van der Waals surface area (Å²) in [7, 11) is 0. The molecule has 3 nitrogen and oxygen atoms in total. The molecule has 1 aromatic carbocycles. The van der Waals surface area contributed by atoms with Crippen LogP contribution in [0.15, 0.2) is 30.5 Å². The van der Waals surface area contributed by atoms with Gasteiger partial charge >= 0.3 is 0 Å². The monoisotopic (exact) mass is 289 g/mol. The molecule has 0 amide bonds. The van der Waals surface area contributed by atoms with Gasteiger partial charge in [-0.1, -0.05) is 32.0 Å². The summed E-state index contributed by atoms with van der Waals surface area (Å²) < 4.78 is 0. The fraction of sp³-hybridized carbons (Fsp3) is 0.368. The first kappa shape index (κ1) is 13.3. The van der Waals surface area contributed by atoms with Gasteiger partial charge in [-0.3, -0.25) is 4.98 Å². The average Bonchev–Trinajstić information content (AvgIpc) is 2.87. The van der Waals surface area contributed by atoms with Crippen molar-refractivity contribution in [2.75, 3.05) is 0 Å². The van der Waals surface area contributed by atoms with Gasteiger partial charge in [0.15, 0.2) is 0 Å². The van der Waals surface area contributed by atoms with Crippen LogP contribution in [0.1, 0.15) is 37.4 Å². The van der Waals surface area contributed by atoms with Crippen LogP contribution >= 0.6 is 0 Å². The van der Waals surface area contributed by atoms with Crippen LogP contribution in [0.3, 0.4) is 0 Å². The van der Waals surface area contributed by atoms with Gasteiger partial charge in [0, 0.05) is 29.1 Å². The van der Waals surface area contributed by atoms with Gasteiger partial charge in [0.25, 0.3) is 0 Å². The third-order valence-corrected chi connectivity index (χ3v) is 5.45. The lowest BCUT2D eigenvalue weighted by molar-refractivity contribution is 0.559. The lowest BCUT2D eigenvalue weighted by Crippen LogP contribution is -1.91. The summed E-state index contributed by atoms with van der Waals surface area (Å²) in [5.74, 6) is 0.914. The molecule has 2 aromatic heterocycles. The second-order valence-corrected chi connectivity index (χ2v) is 6.99. The number of hydrogen-bond acceptors (Lipinski definition) is 2. The van der Waals surface area contributed by atoms with Crippen molar-refractivity contribution in [3.05, 3.63) is 41.7 Å². The standard InChI is InChI=1S/C19H19N3/c1-11-15(16-14(8-9-20)19(16,2)3)13-7-6-12-5-4-10-21-17(12)18(13)22-11/h4-7,10,14,16,22H,8H2,1-3H3. The number of hydrogen-bond donors (Lipinski definition) is 1. The van der Waals surface area contributed by atoms with Gasteiger partial charge in [0.05, 0.1) is 17.1 Å². The van der Waals surface area contributed by atoms with Crippen molar-refractivity contribution in [1.29, 1.82) is 5.26 Å². The van der Waals surface area contributed by atoms with Gasteiger partial charge in [0.1, 0.15) is 0 Å². The first-order chi connectivity index (χ1) is 10.6. The number of benzene rings is 1. The lowest BCUT2D eigenvalue weighted by Gasteiger charge is -2.04. The van der Waals surface area contributed by atoms with E-state index in [1.165, 1.54) is 16.6 Å². The summed E-state index contributed by atoms with van der Waals surface area (Å²) >= 11 is 0. The molecule has 2 heterocycles. The number of pyridine rings is 1. The van der Waals surface area contributed by atoms with E-state index < -0.39 is 0 Å². The van der Waals surface area contributed by atoms with E-state index in [-0.39, 0.29) is 5.41 Å². The zero-order valence-electron chi connectivity index (χ0n) is 13.1. The summed E-state index contributed by atoms with van der Waals surface area (Å²) in [5, 5.41) is 11.5. The molecule has 0 radical (unpaired) electrons. The van der Waals surface area contributed by atoms with Crippen LogP contribution in [0, 0.1) is 29.6 Å². The van der Waals surface area contributed by atoms with Crippen molar-refractivity contribution in [1.82, 2.24) is 9.97 Å². The van der Waals surface area contributed by atoms with E-state index in [2.05, 4.69) is 55.0 Å². The minimum Gasteiger partial charge on any atom is -0.357 e. The predicted molar refractivity (Wildman–Crippen MR) is 88.6 cm³/mol. The number of rotatable bonds is 2. The minimum atomic E-state index is 0.203. The molecular weight excluding hydrogens is 270 g/mol. The number of nitrogens with one attached hydrogen (secondary N) is 1. The number of aromatic nitrogens is 2. The molecule has 1 N–H and O–H groups in total. The smallest absolute Gasteiger partial charge is 0.0942 e. The van der Waals surface area contributed by atoms with Gasteiger partial charge in [0.2, 0.25) is 0 Å². The van der Waals surface area contributed by atoms with Gasteiger partial charge in [-0.15, -0.1) is 0 Å². The number of nitriles is 1. The van der Waals surface area contributed by atoms with Crippen LogP contribution in [0.4, 0.5) is 0 Å². The van der Waals surface area contributed by atoms with Gasteiger partial charge < -0.3 is 4.98 Å². The maximum Gasteiger partial charge on any atom is 0.0942 e. The Balaban J connectivity index is 1.95. The second-order valence-electron chi connectivity index (χ2n) is 6.99. The predicted octanol–water partition coefficient (Wildman–Crippen LogP) is 4.68. The van der Waals surface area contributed by atoms with Crippen molar-refractivity contribution < 1.29 is 0 Å². The Hall–Kier alpha value is -2.34. The van der Waals surface area contributed by atoms with Crippen molar-refractivity contribution in [3.8, 4) is 6.07 Å². The highest BCUT2D eigenvalue weighted by atomic mass is 14.8. The quantitative estimate of drug-likeness (QED) is 0.744. The summed E-state index contributed by atoms with van der Waals surface area (Å²) in [4.78, 5) is 8.10. The number of H-pyrrole nitrogens is 1. The van der Waals surface area contributed by atoms with Gasteiger partial charge in [-0.2, -0.15) is 5.26 Å². The molecular formula is C19H19N3. The molecule has 1 saturated carbocycles. The van der Waals surface area contributed by atoms with Crippen LogP contribution in [0.5, 0.6) is 0 Å². The van der Waals surface area contributed by atoms with Crippen LogP contribution < -0.4 is 0 Å². The molecule has 0 aliphatic heterocycles. The first-order valence-corrected chi connectivity index (χ1v) is 7.78. The van der Waals surface area contributed by atoms with E-state index in [0.29, 0.717) is 18.3 Å². The molecule has 0 bridgehead atoms. The van der Waals surface area contributed by atoms with Crippen LogP contribution in [-0.4, -0.2) is 9.97 Å². The molecule has 4 rings (SSSR count). The molecule has 1 aliphatic carbocycles. The average molecular weight is 289 g/mol. The van der Waals surface area contributed by atoms with E-state index in [1.54, 1.807) is 0 Å². The summed E-state index contributed by atoms with van der Waals surface area (Å²) in [6, 6.07) is 10.8. The highest BCUT2D eigenvalue weighted by Crippen LogP contribution is 2.67. The molecule has 2 atom stereocenters. The number of aromatic amines is 1. The van der Waals surface area contributed by atoms with Crippen LogP contribution in [-0.2, 0) is 0 Å². The number of nitrogens with zero attached hydrogens (tertiary/aromatic N) is 2. The van der Waals surface area contributed by atoms with Gasteiger partial charge in [-0.25, -0.2) is 0 Å². The van der Waals surface area contributed by atoms with E-state index in [4.69, 9.17) is 5.26 Å². The third kappa shape index (κ3) is 1.64. The molecule has 110 valence electrons. The lowest BCUT2D eigenvalue weighted by atomic mass is 9.99. The molecule has 1 aliphatic rings. The van der Waals surface area contributed by atoms with Crippen LogP contribution in [0.25, 0.3) is 21.8 Å². The fourth-order valence-electron chi connectivity index (χ4n) is 4.15. The first-order valence-electron chi connectivity index (χ1n) is 7.78. The zero-order valence-corrected chi connectivity index (χ0v) is 13.1. The largest absolute Gasteiger partial charge is 0.357 e. The maximum atomic E-state index is 9.08. The summed E-state index contributed by atoms with van der Waals surface area (Å²) in [6.45, 7) is 6.69. The van der Waals surface area contributed by atoms with Crippen LogP contribution in [0.2, 0.25) is 0 Å². The molecule has 2 unspecified atom stereocenters.